The van der Waals surface area contributed by atoms with E-state index in [1.165, 1.54) is 0 Å². The quantitative estimate of drug-likeness (QED) is 0.157. The molecule has 0 saturated heterocycles. The van der Waals surface area contributed by atoms with E-state index < -0.39 is 0 Å². The molecule has 0 bridgehead atoms. The van der Waals surface area contributed by atoms with Crippen molar-refractivity contribution in [2.75, 3.05) is 99.6 Å². The summed E-state index contributed by atoms with van der Waals surface area (Å²) in [6, 6.07) is 0. The minimum absolute atomic E-state index is 0. The minimum Gasteiger partial charge on any atom is -0.463 e. The SMILES string of the molecule is C.C.C.C.CCC(C)C(=O)OCCOCCOCCOCCOCCOCCOCCOC. The summed E-state index contributed by atoms with van der Waals surface area (Å²) in [5.41, 5.74) is 0. The van der Waals surface area contributed by atoms with Crippen LogP contribution in [0.4, 0.5) is 0 Å². The lowest BCUT2D eigenvalue weighted by Gasteiger charge is -2.10. The van der Waals surface area contributed by atoms with Crippen LogP contribution in [0.5, 0.6) is 0 Å². The van der Waals surface area contributed by atoms with E-state index in [1.807, 2.05) is 13.8 Å². The Balaban J connectivity index is -0.000000653. The van der Waals surface area contributed by atoms with Gasteiger partial charge in [0.2, 0.25) is 0 Å². The molecule has 0 N–H and O–H groups in total. The maximum absolute atomic E-state index is 11.4. The van der Waals surface area contributed by atoms with Crippen molar-refractivity contribution in [2.24, 2.45) is 5.92 Å². The highest BCUT2D eigenvalue weighted by molar-refractivity contribution is 5.71. The van der Waals surface area contributed by atoms with Gasteiger partial charge in [-0.2, -0.15) is 0 Å². The van der Waals surface area contributed by atoms with Crippen LogP contribution in [0.25, 0.3) is 0 Å². The maximum atomic E-state index is 11.4. The molecule has 1 atom stereocenters. The Morgan fingerprint density at radius 2 is 0.818 bits per heavy atom. The third-order valence-corrected chi connectivity index (χ3v) is 3.78. The van der Waals surface area contributed by atoms with E-state index in [4.69, 9.17) is 37.9 Å². The van der Waals surface area contributed by atoms with E-state index in [0.717, 1.165) is 6.42 Å². The number of carbonyl (C=O) groups excluding carboxylic acids is 1. The van der Waals surface area contributed by atoms with E-state index >= 15 is 0 Å². The molecule has 0 aliphatic carbocycles. The molecule has 0 aliphatic heterocycles. The molecule has 9 nitrogen and oxygen atoms in total. The Labute approximate surface area is 204 Å². The molecule has 9 heteroatoms. The minimum atomic E-state index is -0.177. The lowest BCUT2D eigenvalue weighted by atomic mass is 10.1. The summed E-state index contributed by atoms with van der Waals surface area (Å²) in [5.74, 6) is -0.238. The highest BCUT2D eigenvalue weighted by atomic mass is 16.6. The zero-order valence-corrected chi connectivity index (χ0v) is 18.4. The monoisotopic (exact) mass is 488 g/mol. The molecule has 0 saturated carbocycles. The summed E-state index contributed by atoms with van der Waals surface area (Å²) in [4.78, 5) is 11.4. The number of methoxy groups -OCH3 is 1. The van der Waals surface area contributed by atoms with E-state index in [0.29, 0.717) is 85.9 Å². The van der Waals surface area contributed by atoms with Crippen LogP contribution in [0.3, 0.4) is 0 Å². The van der Waals surface area contributed by atoms with Gasteiger partial charge in [-0.3, -0.25) is 4.79 Å². The van der Waals surface area contributed by atoms with Crippen LogP contribution in [-0.2, 0) is 42.7 Å². The molecule has 0 fully saturated rings. The summed E-state index contributed by atoms with van der Waals surface area (Å²) < 4.78 is 42.1. The number of hydrogen-bond donors (Lipinski definition) is 0. The third kappa shape index (κ3) is 33.4. The largest absolute Gasteiger partial charge is 0.463 e. The molecule has 0 heterocycles. The highest BCUT2D eigenvalue weighted by Gasteiger charge is 2.10. The van der Waals surface area contributed by atoms with Crippen molar-refractivity contribution in [1.29, 1.82) is 0 Å². The topological polar surface area (TPSA) is 90.9 Å². The van der Waals surface area contributed by atoms with Gasteiger partial charge in [-0.05, 0) is 6.42 Å². The molecule has 0 spiro atoms. The zero-order valence-electron chi connectivity index (χ0n) is 18.4. The van der Waals surface area contributed by atoms with Crippen molar-refractivity contribution in [3.8, 4) is 0 Å². The van der Waals surface area contributed by atoms with Gasteiger partial charge in [0, 0.05) is 7.11 Å². The average molecular weight is 489 g/mol. The number of carbonyl (C=O) groups is 1. The van der Waals surface area contributed by atoms with Gasteiger partial charge >= 0.3 is 5.97 Å². The fraction of sp³-hybridized carbons (Fsp3) is 0.958. The van der Waals surface area contributed by atoms with Gasteiger partial charge < -0.3 is 37.9 Å². The van der Waals surface area contributed by atoms with Crippen LogP contribution < -0.4 is 0 Å². The van der Waals surface area contributed by atoms with Gasteiger partial charge in [0.05, 0.1) is 91.8 Å². The highest BCUT2D eigenvalue weighted by Crippen LogP contribution is 2.02. The molecule has 206 valence electrons. The Morgan fingerprint density at radius 1 is 0.545 bits per heavy atom. The van der Waals surface area contributed by atoms with E-state index in [1.54, 1.807) is 7.11 Å². The Morgan fingerprint density at radius 3 is 1.09 bits per heavy atom. The summed E-state index contributed by atoms with van der Waals surface area (Å²) in [6.07, 6.45) is 0.780. The van der Waals surface area contributed by atoms with E-state index in [-0.39, 0.29) is 48.2 Å². The van der Waals surface area contributed by atoms with Crippen molar-refractivity contribution in [3.05, 3.63) is 0 Å². The summed E-state index contributed by atoms with van der Waals surface area (Å²) in [5, 5.41) is 0. The predicted molar refractivity (Wildman–Crippen MR) is 134 cm³/mol. The molecule has 0 amide bonds. The Hall–Kier alpha value is -0.810. The van der Waals surface area contributed by atoms with Gasteiger partial charge in [-0.25, -0.2) is 0 Å². The van der Waals surface area contributed by atoms with E-state index in [2.05, 4.69) is 0 Å². The zero-order chi connectivity index (χ0) is 21.4. The van der Waals surface area contributed by atoms with Crippen LogP contribution in [0.2, 0.25) is 0 Å². The molecule has 0 aromatic rings. The summed E-state index contributed by atoms with van der Waals surface area (Å²) >= 11 is 0. The number of rotatable bonds is 23. The molecule has 0 rings (SSSR count). The van der Waals surface area contributed by atoms with Crippen molar-refractivity contribution in [2.45, 2.75) is 50.0 Å². The van der Waals surface area contributed by atoms with Gasteiger partial charge in [0.15, 0.2) is 0 Å². The second kappa shape index (κ2) is 35.8. The molecule has 1 unspecified atom stereocenters. The second-order valence-electron chi connectivity index (χ2n) is 6.14. The molecule has 0 radical (unpaired) electrons. The van der Waals surface area contributed by atoms with Gasteiger partial charge in [0.25, 0.3) is 0 Å². The molecular weight excluding hydrogens is 432 g/mol. The first kappa shape index (κ1) is 42.4. The maximum Gasteiger partial charge on any atom is 0.308 e. The Bertz CT molecular complexity index is 344. The van der Waals surface area contributed by atoms with Gasteiger partial charge in [-0.15, -0.1) is 0 Å². The molecular formula is C24H56O9. The molecule has 0 aliphatic rings. The molecule has 33 heavy (non-hydrogen) atoms. The van der Waals surface area contributed by atoms with Crippen LogP contribution in [0.1, 0.15) is 50.0 Å². The second-order valence-corrected chi connectivity index (χ2v) is 6.14. The van der Waals surface area contributed by atoms with Crippen molar-refractivity contribution in [1.82, 2.24) is 0 Å². The Kier molecular flexibility index (Phi) is 45.9. The summed E-state index contributed by atoms with van der Waals surface area (Å²) in [7, 11) is 1.64. The lowest BCUT2D eigenvalue weighted by molar-refractivity contribution is -0.149. The van der Waals surface area contributed by atoms with Crippen LogP contribution in [0, 0.1) is 5.92 Å². The lowest BCUT2D eigenvalue weighted by Crippen LogP contribution is -2.18. The van der Waals surface area contributed by atoms with Crippen molar-refractivity contribution >= 4 is 5.97 Å². The first-order valence-electron chi connectivity index (χ1n) is 10.3. The van der Waals surface area contributed by atoms with Crippen molar-refractivity contribution in [3.63, 3.8) is 0 Å². The number of hydrogen-bond acceptors (Lipinski definition) is 9. The third-order valence-electron chi connectivity index (χ3n) is 3.78. The summed E-state index contributed by atoms with van der Waals surface area (Å²) in [6.45, 7) is 10.8. The van der Waals surface area contributed by atoms with E-state index in [9.17, 15) is 4.79 Å². The molecule has 0 aromatic heterocycles. The predicted octanol–water partition coefficient (Wildman–Crippen LogP) is 3.87. The smallest absolute Gasteiger partial charge is 0.308 e. The van der Waals surface area contributed by atoms with Gasteiger partial charge in [-0.1, -0.05) is 43.6 Å². The van der Waals surface area contributed by atoms with Gasteiger partial charge in [0.1, 0.15) is 6.61 Å². The fourth-order valence-corrected chi connectivity index (χ4v) is 1.85. The first-order chi connectivity index (χ1) is 14.2. The van der Waals surface area contributed by atoms with Crippen LogP contribution in [-0.4, -0.2) is 106 Å². The average Bonchev–Trinajstić information content (AvgIpc) is 2.74. The number of esters is 1. The van der Waals surface area contributed by atoms with Crippen molar-refractivity contribution < 1.29 is 42.7 Å². The fourth-order valence-electron chi connectivity index (χ4n) is 1.85. The van der Waals surface area contributed by atoms with Crippen LogP contribution >= 0.6 is 0 Å². The van der Waals surface area contributed by atoms with Crippen LogP contribution in [0.15, 0.2) is 0 Å². The first-order valence-corrected chi connectivity index (χ1v) is 10.3. The number of ether oxygens (including phenoxy) is 8. The standard InChI is InChI=1S/C20H40O9.4CH4/c1-4-19(2)20(21)29-18-17-28-16-15-27-14-13-26-12-11-25-10-9-24-8-7-23-6-5-22-3;;;;/h19H,4-18H2,1-3H3;4*1H4. The molecule has 0 aromatic carbocycles. The normalized spacial score (nSPS) is 10.8.